The Bertz CT molecular complexity index is 636. The number of nitrogens with zero attached hydrogens (tertiary/aromatic N) is 1. The van der Waals surface area contributed by atoms with Crippen molar-refractivity contribution in [3.63, 3.8) is 0 Å². The van der Waals surface area contributed by atoms with Crippen LogP contribution in [0.2, 0.25) is 5.02 Å². The molecule has 116 valence electrons. The first-order chi connectivity index (χ1) is 10.5. The van der Waals surface area contributed by atoms with Gasteiger partial charge in [-0.3, -0.25) is 4.79 Å². The molecule has 1 amide bonds. The van der Waals surface area contributed by atoms with E-state index in [4.69, 9.17) is 16.3 Å². The molecule has 0 bridgehead atoms. The number of rotatable bonds is 4. The van der Waals surface area contributed by atoms with Crippen LogP contribution in [-0.2, 0) is 9.53 Å². The molecule has 5 nitrogen and oxygen atoms in total. The Hall–Kier alpha value is -1.58. The third kappa shape index (κ3) is 3.99. The molecule has 1 N–H and O–H groups in total. The van der Waals surface area contributed by atoms with Crippen LogP contribution in [-0.4, -0.2) is 24.0 Å². The molecule has 22 heavy (non-hydrogen) atoms. The summed E-state index contributed by atoms with van der Waals surface area (Å²) in [5.41, 5.74) is -0.642. The maximum Gasteiger partial charge on any atom is 0.340 e. The van der Waals surface area contributed by atoms with Gasteiger partial charge in [-0.25, -0.2) is 4.79 Å². The molecule has 0 unspecified atom stereocenters. The van der Waals surface area contributed by atoms with Gasteiger partial charge in [0.2, 0.25) is 0 Å². The molecule has 7 heteroatoms. The van der Waals surface area contributed by atoms with E-state index in [0.717, 1.165) is 12.8 Å². The van der Waals surface area contributed by atoms with E-state index in [0.29, 0.717) is 17.3 Å². The van der Waals surface area contributed by atoms with Gasteiger partial charge in [-0.15, -0.1) is 0 Å². The van der Waals surface area contributed by atoms with Gasteiger partial charge in [-0.1, -0.05) is 27.5 Å². The SMILES string of the molecule is N#CC1(NC(=O)COC(=O)c2cc(Br)ccc2Cl)CCCC1. The molecule has 0 radical (unpaired) electrons. The molecule has 0 aliphatic heterocycles. The average molecular weight is 386 g/mol. The summed E-state index contributed by atoms with van der Waals surface area (Å²) in [7, 11) is 0. The van der Waals surface area contributed by atoms with Crippen LogP contribution >= 0.6 is 27.5 Å². The molecule has 1 saturated carbocycles. The molecule has 0 heterocycles. The molecule has 0 atom stereocenters. The van der Waals surface area contributed by atoms with Crippen molar-refractivity contribution in [2.75, 3.05) is 6.61 Å². The molecule has 1 fully saturated rings. The van der Waals surface area contributed by atoms with Gasteiger partial charge in [-0.2, -0.15) is 5.26 Å². The number of nitrogens with one attached hydrogen (secondary N) is 1. The van der Waals surface area contributed by atoms with Crippen molar-refractivity contribution in [3.05, 3.63) is 33.3 Å². The van der Waals surface area contributed by atoms with Crippen molar-refractivity contribution in [3.8, 4) is 6.07 Å². The maximum absolute atomic E-state index is 11.9. The minimum absolute atomic E-state index is 0.180. The Labute approximate surface area is 141 Å². The van der Waals surface area contributed by atoms with Crippen LogP contribution in [0, 0.1) is 11.3 Å². The van der Waals surface area contributed by atoms with E-state index in [1.807, 2.05) is 0 Å². The molecular weight excluding hydrogens is 372 g/mol. The van der Waals surface area contributed by atoms with E-state index in [1.54, 1.807) is 12.1 Å². The van der Waals surface area contributed by atoms with Crippen LogP contribution in [0.4, 0.5) is 0 Å². The first-order valence-corrected chi connectivity index (χ1v) is 7.97. The fraction of sp³-hybridized carbons (Fsp3) is 0.400. The van der Waals surface area contributed by atoms with Crippen LogP contribution < -0.4 is 5.32 Å². The van der Waals surface area contributed by atoms with Crippen molar-refractivity contribution in [2.24, 2.45) is 0 Å². The first kappa shape index (κ1) is 16.8. The van der Waals surface area contributed by atoms with Gasteiger partial charge in [0.05, 0.1) is 16.7 Å². The monoisotopic (exact) mass is 384 g/mol. The first-order valence-electron chi connectivity index (χ1n) is 6.80. The highest BCUT2D eigenvalue weighted by Crippen LogP contribution is 2.28. The van der Waals surface area contributed by atoms with Crippen molar-refractivity contribution in [1.82, 2.24) is 5.32 Å². The molecule has 0 saturated heterocycles. The Morgan fingerprint density at radius 1 is 1.41 bits per heavy atom. The summed E-state index contributed by atoms with van der Waals surface area (Å²) in [6.45, 7) is -0.439. The molecular formula is C15H14BrClN2O3. The number of amides is 1. The highest BCUT2D eigenvalue weighted by molar-refractivity contribution is 9.10. The van der Waals surface area contributed by atoms with Crippen molar-refractivity contribution in [1.29, 1.82) is 5.26 Å². The van der Waals surface area contributed by atoms with Gasteiger partial charge in [0.1, 0.15) is 5.54 Å². The summed E-state index contributed by atoms with van der Waals surface area (Å²) in [6, 6.07) is 6.93. The number of benzene rings is 1. The predicted molar refractivity (Wildman–Crippen MR) is 84.4 cm³/mol. The van der Waals surface area contributed by atoms with Crippen molar-refractivity contribution in [2.45, 2.75) is 31.2 Å². The topological polar surface area (TPSA) is 79.2 Å². The van der Waals surface area contributed by atoms with Gasteiger partial charge in [0.15, 0.2) is 6.61 Å². The second-order valence-corrected chi connectivity index (χ2v) is 6.47. The van der Waals surface area contributed by atoms with Crippen LogP contribution in [0.5, 0.6) is 0 Å². The Morgan fingerprint density at radius 2 is 2.09 bits per heavy atom. The van der Waals surface area contributed by atoms with E-state index in [1.165, 1.54) is 6.07 Å². The number of ether oxygens (including phenoxy) is 1. The van der Waals surface area contributed by atoms with E-state index in [9.17, 15) is 14.9 Å². The quantitative estimate of drug-likeness (QED) is 0.807. The molecule has 1 aromatic carbocycles. The van der Waals surface area contributed by atoms with Gasteiger partial charge in [0.25, 0.3) is 5.91 Å². The van der Waals surface area contributed by atoms with Crippen LogP contribution in [0.3, 0.4) is 0 Å². The number of halogens is 2. The van der Waals surface area contributed by atoms with Crippen LogP contribution in [0.1, 0.15) is 36.0 Å². The minimum atomic E-state index is -0.823. The summed E-state index contributed by atoms with van der Waals surface area (Å²) >= 11 is 9.16. The fourth-order valence-electron chi connectivity index (χ4n) is 2.41. The zero-order valence-corrected chi connectivity index (χ0v) is 14.0. The lowest BCUT2D eigenvalue weighted by atomic mass is 10.00. The minimum Gasteiger partial charge on any atom is -0.452 e. The highest BCUT2D eigenvalue weighted by atomic mass is 79.9. The van der Waals surface area contributed by atoms with Gasteiger partial charge in [-0.05, 0) is 43.9 Å². The number of esters is 1. The number of hydrogen-bond donors (Lipinski definition) is 1. The molecule has 1 aromatic rings. The third-order valence-electron chi connectivity index (χ3n) is 3.53. The lowest BCUT2D eigenvalue weighted by molar-refractivity contribution is -0.125. The summed E-state index contributed by atoms with van der Waals surface area (Å²) in [6.07, 6.45) is 3.06. The summed E-state index contributed by atoms with van der Waals surface area (Å²) in [5, 5.41) is 12.1. The highest BCUT2D eigenvalue weighted by Gasteiger charge is 2.35. The zero-order chi connectivity index (χ0) is 16.2. The van der Waals surface area contributed by atoms with E-state index >= 15 is 0 Å². The second-order valence-electron chi connectivity index (χ2n) is 5.15. The number of nitriles is 1. The predicted octanol–water partition coefficient (Wildman–Crippen LogP) is 3.21. The number of hydrogen-bond acceptors (Lipinski definition) is 4. The van der Waals surface area contributed by atoms with Gasteiger partial charge in [0, 0.05) is 4.47 Å². The average Bonchev–Trinajstić information content (AvgIpc) is 2.96. The Balaban J connectivity index is 1.92. The molecule has 0 spiro atoms. The molecule has 1 aliphatic rings. The molecule has 0 aromatic heterocycles. The van der Waals surface area contributed by atoms with Crippen LogP contribution in [0.15, 0.2) is 22.7 Å². The standard InChI is InChI=1S/C15H14BrClN2O3/c16-10-3-4-12(17)11(7-10)14(21)22-8-13(20)19-15(9-18)5-1-2-6-15/h3-4,7H,1-2,5-6,8H2,(H,19,20). The lowest BCUT2D eigenvalue weighted by Crippen LogP contribution is -2.46. The maximum atomic E-state index is 11.9. The normalized spacial score (nSPS) is 15.9. The molecule has 2 rings (SSSR count). The van der Waals surface area contributed by atoms with Gasteiger partial charge >= 0.3 is 5.97 Å². The lowest BCUT2D eigenvalue weighted by Gasteiger charge is -2.21. The number of carbonyl (C=O) groups excluding carboxylic acids is 2. The van der Waals surface area contributed by atoms with Crippen LogP contribution in [0.25, 0.3) is 0 Å². The van der Waals surface area contributed by atoms with E-state index in [2.05, 4.69) is 27.3 Å². The summed E-state index contributed by atoms with van der Waals surface area (Å²) in [4.78, 5) is 23.8. The van der Waals surface area contributed by atoms with Crippen molar-refractivity contribution < 1.29 is 14.3 Å². The zero-order valence-electron chi connectivity index (χ0n) is 11.7. The smallest absolute Gasteiger partial charge is 0.340 e. The summed E-state index contributed by atoms with van der Waals surface area (Å²) in [5.74, 6) is -1.17. The van der Waals surface area contributed by atoms with E-state index < -0.39 is 24.0 Å². The number of carbonyl (C=O) groups is 2. The molecule has 1 aliphatic carbocycles. The van der Waals surface area contributed by atoms with E-state index in [-0.39, 0.29) is 10.6 Å². The fourth-order valence-corrected chi connectivity index (χ4v) is 2.96. The Kier molecular flexibility index (Phi) is 5.43. The third-order valence-corrected chi connectivity index (χ3v) is 4.36. The summed E-state index contributed by atoms with van der Waals surface area (Å²) < 4.78 is 5.64. The van der Waals surface area contributed by atoms with Crippen molar-refractivity contribution >= 4 is 39.4 Å². The second kappa shape index (κ2) is 7.12. The van der Waals surface area contributed by atoms with Gasteiger partial charge < -0.3 is 10.1 Å². The Morgan fingerprint density at radius 3 is 2.73 bits per heavy atom. The largest absolute Gasteiger partial charge is 0.452 e.